The standard InChI is InChI=1S/C15H17NO3/c17-14(18)8-5-11-9-10-3-1-2-4-13(10)16(15(11)19)12-6-7-12/h5,8-9,12H,1-4,6-7H2,(H,17,18)/b8-5+. The van der Waals surface area contributed by atoms with Crippen molar-refractivity contribution in [2.45, 2.75) is 44.6 Å². The Labute approximate surface area is 111 Å². The van der Waals surface area contributed by atoms with Gasteiger partial charge in [-0.3, -0.25) is 4.79 Å². The van der Waals surface area contributed by atoms with Gasteiger partial charge >= 0.3 is 5.97 Å². The normalized spacial score (nSPS) is 18.5. The molecule has 1 N–H and O–H groups in total. The summed E-state index contributed by atoms with van der Waals surface area (Å²) in [7, 11) is 0. The third-order valence-electron chi connectivity index (χ3n) is 3.88. The number of hydrogen-bond acceptors (Lipinski definition) is 2. The summed E-state index contributed by atoms with van der Waals surface area (Å²) in [5.41, 5.74) is 2.89. The zero-order valence-corrected chi connectivity index (χ0v) is 10.8. The highest BCUT2D eigenvalue weighted by atomic mass is 16.4. The first kappa shape index (κ1) is 12.2. The smallest absolute Gasteiger partial charge is 0.328 e. The highest BCUT2D eigenvalue weighted by Gasteiger charge is 2.29. The van der Waals surface area contributed by atoms with Crippen molar-refractivity contribution >= 4 is 12.0 Å². The van der Waals surface area contributed by atoms with Crippen LogP contribution in [-0.4, -0.2) is 15.6 Å². The fraction of sp³-hybridized carbons (Fsp3) is 0.467. The van der Waals surface area contributed by atoms with E-state index in [9.17, 15) is 9.59 Å². The molecule has 0 radical (unpaired) electrons. The summed E-state index contributed by atoms with van der Waals surface area (Å²) in [5.74, 6) is -1.02. The summed E-state index contributed by atoms with van der Waals surface area (Å²) < 4.78 is 1.93. The van der Waals surface area contributed by atoms with Crippen LogP contribution in [0.1, 0.15) is 48.5 Å². The van der Waals surface area contributed by atoms with Crippen LogP contribution in [0.2, 0.25) is 0 Å². The molecule has 2 aliphatic rings. The van der Waals surface area contributed by atoms with Crippen LogP contribution in [0.4, 0.5) is 0 Å². The van der Waals surface area contributed by atoms with Crippen LogP contribution >= 0.6 is 0 Å². The Morgan fingerprint density at radius 1 is 1.32 bits per heavy atom. The number of carbonyl (C=O) groups is 1. The molecule has 1 aromatic rings. The second-order valence-electron chi connectivity index (χ2n) is 5.36. The van der Waals surface area contributed by atoms with Crippen LogP contribution < -0.4 is 5.56 Å². The molecule has 0 aromatic carbocycles. The van der Waals surface area contributed by atoms with Gasteiger partial charge in [-0.05, 0) is 56.2 Å². The van der Waals surface area contributed by atoms with E-state index >= 15 is 0 Å². The monoisotopic (exact) mass is 259 g/mol. The van der Waals surface area contributed by atoms with E-state index in [0.717, 1.165) is 44.6 Å². The average molecular weight is 259 g/mol. The molecule has 0 unspecified atom stereocenters. The van der Waals surface area contributed by atoms with Gasteiger partial charge < -0.3 is 9.67 Å². The summed E-state index contributed by atoms with van der Waals surface area (Å²) in [6.07, 6.45) is 8.88. The lowest BCUT2D eigenvalue weighted by Gasteiger charge is -2.21. The van der Waals surface area contributed by atoms with Gasteiger partial charge in [0.25, 0.3) is 5.56 Å². The molecule has 3 rings (SSSR count). The lowest BCUT2D eigenvalue weighted by Crippen LogP contribution is -2.27. The van der Waals surface area contributed by atoms with Crippen molar-refractivity contribution < 1.29 is 9.90 Å². The van der Waals surface area contributed by atoms with E-state index < -0.39 is 5.97 Å². The van der Waals surface area contributed by atoms with E-state index in [-0.39, 0.29) is 5.56 Å². The number of aliphatic carboxylic acids is 1. The minimum atomic E-state index is -1.02. The third-order valence-corrected chi connectivity index (χ3v) is 3.88. The molecule has 19 heavy (non-hydrogen) atoms. The summed E-state index contributed by atoms with van der Waals surface area (Å²) >= 11 is 0. The lowest BCUT2D eigenvalue weighted by atomic mass is 9.94. The number of pyridine rings is 1. The molecule has 0 saturated heterocycles. The minimum absolute atomic E-state index is 0.0272. The van der Waals surface area contributed by atoms with Gasteiger partial charge in [0, 0.05) is 23.4 Å². The molecule has 1 heterocycles. The van der Waals surface area contributed by atoms with Crippen molar-refractivity contribution in [3.05, 3.63) is 39.3 Å². The van der Waals surface area contributed by atoms with Gasteiger partial charge in [0.1, 0.15) is 0 Å². The predicted molar refractivity (Wildman–Crippen MR) is 72.3 cm³/mol. The summed E-state index contributed by atoms with van der Waals surface area (Å²) in [6.45, 7) is 0. The number of carboxylic acid groups (broad SMARTS) is 1. The molecule has 100 valence electrons. The van der Waals surface area contributed by atoms with Gasteiger partial charge in [0.15, 0.2) is 0 Å². The van der Waals surface area contributed by atoms with Gasteiger partial charge in [-0.2, -0.15) is 0 Å². The van der Waals surface area contributed by atoms with Crippen LogP contribution in [0, 0.1) is 0 Å². The van der Waals surface area contributed by atoms with E-state index in [0.29, 0.717) is 11.6 Å². The van der Waals surface area contributed by atoms with E-state index in [4.69, 9.17) is 5.11 Å². The van der Waals surface area contributed by atoms with Gasteiger partial charge in [0.2, 0.25) is 0 Å². The van der Waals surface area contributed by atoms with Gasteiger partial charge in [-0.15, -0.1) is 0 Å². The molecule has 2 aliphatic carbocycles. The first-order valence-corrected chi connectivity index (χ1v) is 6.85. The number of nitrogens with zero attached hydrogens (tertiary/aromatic N) is 1. The molecule has 4 nitrogen and oxygen atoms in total. The lowest BCUT2D eigenvalue weighted by molar-refractivity contribution is -0.131. The maximum Gasteiger partial charge on any atom is 0.328 e. The maximum absolute atomic E-state index is 12.5. The van der Waals surface area contributed by atoms with Crippen LogP contribution in [-0.2, 0) is 17.6 Å². The number of aryl methyl sites for hydroxylation is 1. The van der Waals surface area contributed by atoms with Crippen molar-refractivity contribution in [3.63, 3.8) is 0 Å². The molecule has 1 aromatic heterocycles. The molecule has 0 atom stereocenters. The Balaban J connectivity index is 2.13. The van der Waals surface area contributed by atoms with Crippen LogP contribution in [0.25, 0.3) is 6.08 Å². The van der Waals surface area contributed by atoms with E-state index in [1.165, 1.54) is 17.3 Å². The highest BCUT2D eigenvalue weighted by molar-refractivity contribution is 5.85. The van der Waals surface area contributed by atoms with Gasteiger partial charge in [-0.1, -0.05) is 0 Å². The summed E-state index contributed by atoms with van der Waals surface area (Å²) in [5, 5.41) is 8.70. The molecular formula is C15H17NO3. The van der Waals surface area contributed by atoms with Crippen LogP contribution in [0.15, 0.2) is 16.9 Å². The van der Waals surface area contributed by atoms with E-state index in [1.54, 1.807) is 0 Å². The van der Waals surface area contributed by atoms with Crippen molar-refractivity contribution in [1.29, 1.82) is 0 Å². The van der Waals surface area contributed by atoms with Crippen molar-refractivity contribution in [1.82, 2.24) is 4.57 Å². The van der Waals surface area contributed by atoms with Crippen LogP contribution in [0.3, 0.4) is 0 Å². The van der Waals surface area contributed by atoms with Crippen molar-refractivity contribution in [2.75, 3.05) is 0 Å². The molecule has 1 saturated carbocycles. The fourth-order valence-electron chi connectivity index (χ4n) is 2.85. The molecule has 4 heteroatoms. The SMILES string of the molecule is O=C(O)/C=C/c1cc2c(n(C3CC3)c1=O)CCCC2. The van der Waals surface area contributed by atoms with E-state index in [1.807, 2.05) is 10.6 Å². The van der Waals surface area contributed by atoms with Gasteiger partial charge in [-0.25, -0.2) is 4.79 Å². The fourth-order valence-corrected chi connectivity index (χ4v) is 2.85. The largest absolute Gasteiger partial charge is 0.478 e. The first-order chi connectivity index (χ1) is 9.16. The third kappa shape index (κ3) is 2.35. The number of rotatable bonds is 3. The molecule has 0 bridgehead atoms. The maximum atomic E-state index is 12.5. The van der Waals surface area contributed by atoms with Crippen LogP contribution in [0.5, 0.6) is 0 Å². The molecule has 0 spiro atoms. The Bertz CT molecular complexity index is 609. The Hall–Kier alpha value is -1.84. The molecule has 0 aliphatic heterocycles. The quantitative estimate of drug-likeness (QED) is 0.846. The summed E-state index contributed by atoms with van der Waals surface area (Å²) in [6, 6.07) is 2.23. The second kappa shape index (κ2) is 4.68. The zero-order chi connectivity index (χ0) is 13.4. The number of hydrogen-bond donors (Lipinski definition) is 1. The minimum Gasteiger partial charge on any atom is -0.478 e. The Kier molecular flexibility index (Phi) is 3.01. The van der Waals surface area contributed by atoms with Crippen molar-refractivity contribution in [2.24, 2.45) is 0 Å². The zero-order valence-electron chi connectivity index (χ0n) is 10.8. The summed E-state index contributed by atoms with van der Waals surface area (Å²) in [4.78, 5) is 23.1. The second-order valence-corrected chi connectivity index (χ2v) is 5.36. The number of carboxylic acids is 1. The highest BCUT2D eigenvalue weighted by Crippen LogP contribution is 2.36. The predicted octanol–water partition coefficient (Wildman–Crippen LogP) is 2.16. The number of fused-ring (bicyclic) bond motifs is 1. The average Bonchev–Trinajstić information content (AvgIpc) is 3.20. The van der Waals surface area contributed by atoms with Crippen molar-refractivity contribution in [3.8, 4) is 0 Å². The Morgan fingerprint density at radius 2 is 2.05 bits per heavy atom. The molecule has 0 amide bonds. The first-order valence-electron chi connectivity index (χ1n) is 6.85. The molecule has 1 fully saturated rings. The van der Waals surface area contributed by atoms with Gasteiger partial charge in [0.05, 0.1) is 0 Å². The molecular weight excluding hydrogens is 242 g/mol. The number of aromatic nitrogens is 1. The topological polar surface area (TPSA) is 59.3 Å². The van der Waals surface area contributed by atoms with E-state index in [2.05, 4.69) is 0 Å². The Morgan fingerprint density at radius 3 is 2.74 bits per heavy atom.